The van der Waals surface area contributed by atoms with E-state index in [0.717, 1.165) is 31.7 Å². The van der Waals surface area contributed by atoms with E-state index < -0.39 is 5.97 Å². The molecule has 2 atom stereocenters. The van der Waals surface area contributed by atoms with Crippen molar-refractivity contribution in [2.24, 2.45) is 5.92 Å². The monoisotopic (exact) mass is 281 g/mol. The molecule has 0 spiro atoms. The van der Waals surface area contributed by atoms with Crippen LogP contribution >= 0.6 is 0 Å². The molecule has 1 saturated heterocycles. The Labute approximate surface area is 119 Å². The molecule has 0 saturated carbocycles. The molecule has 1 aliphatic rings. The summed E-state index contributed by atoms with van der Waals surface area (Å²) in [4.78, 5) is 13.8. The second kappa shape index (κ2) is 6.90. The van der Waals surface area contributed by atoms with Crippen molar-refractivity contribution in [2.45, 2.75) is 39.3 Å². The third-order valence-electron chi connectivity index (χ3n) is 3.74. The highest BCUT2D eigenvalue weighted by atomic mass is 16.5. The Balaban J connectivity index is 1.91. The summed E-state index contributed by atoms with van der Waals surface area (Å²) in [5, 5.41) is 9.69. The molecule has 2 heterocycles. The van der Waals surface area contributed by atoms with Crippen molar-refractivity contribution in [3.8, 4) is 0 Å². The molecule has 2 unspecified atom stereocenters. The Morgan fingerprint density at radius 3 is 3.10 bits per heavy atom. The van der Waals surface area contributed by atoms with Crippen molar-refractivity contribution in [3.05, 3.63) is 23.7 Å². The molecule has 1 aromatic heterocycles. The van der Waals surface area contributed by atoms with E-state index in [-0.39, 0.29) is 11.9 Å². The van der Waals surface area contributed by atoms with Gasteiger partial charge in [0.25, 0.3) is 0 Å². The van der Waals surface area contributed by atoms with E-state index in [1.165, 1.54) is 0 Å². The third-order valence-corrected chi connectivity index (χ3v) is 3.74. The summed E-state index contributed by atoms with van der Waals surface area (Å²) in [5.74, 6) is 0.924. The van der Waals surface area contributed by atoms with E-state index in [1.807, 2.05) is 13.0 Å². The van der Waals surface area contributed by atoms with E-state index in [1.54, 1.807) is 13.0 Å². The van der Waals surface area contributed by atoms with Crippen LogP contribution in [-0.4, -0.2) is 41.8 Å². The summed E-state index contributed by atoms with van der Waals surface area (Å²) in [6, 6.07) is 3.47. The maximum Gasteiger partial charge on any atom is 0.374 e. The van der Waals surface area contributed by atoms with Crippen molar-refractivity contribution < 1.29 is 19.1 Å². The van der Waals surface area contributed by atoms with Gasteiger partial charge in [0.15, 0.2) is 0 Å². The average molecular weight is 281 g/mol. The number of aliphatic hydroxyl groups is 1. The summed E-state index contributed by atoms with van der Waals surface area (Å²) in [7, 11) is 0. The molecule has 20 heavy (non-hydrogen) atoms. The minimum atomic E-state index is -0.417. The fourth-order valence-electron chi connectivity index (χ4n) is 2.62. The molecule has 1 aromatic rings. The topological polar surface area (TPSA) is 62.9 Å². The fourth-order valence-corrected chi connectivity index (χ4v) is 2.62. The van der Waals surface area contributed by atoms with Crippen LogP contribution in [-0.2, 0) is 11.3 Å². The number of carbonyl (C=O) groups is 1. The van der Waals surface area contributed by atoms with Gasteiger partial charge in [0, 0.05) is 6.54 Å². The van der Waals surface area contributed by atoms with Crippen LogP contribution in [0.5, 0.6) is 0 Å². The van der Waals surface area contributed by atoms with E-state index in [9.17, 15) is 9.90 Å². The highest BCUT2D eigenvalue weighted by Gasteiger charge is 2.24. The lowest BCUT2D eigenvalue weighted by Gasteiger charge is -2.33. The highest BCUT2D eigenvalue weighted by Crippen LogP contribution is 2.22. The van der Waals surface area contributed by atoms with Crippen LogP contribution in [0.4, 0.5) is 0 Å². The first-order valence-electron chi connectivity index (χ1n) is 7.26. The Hall–Kier alpha value is -1.33. The minimum Gasteiger partial charge on any atom is -0.460 e. The van der Waals surface area contributed by atoms with Gasteiger partial charge in [-0.05, 0) is 51.3 Å². The molecule has 1 N–H and O–H groups in total. The standard InChI is InChI=1S/C15H23NO4/c1-3-19-15(18)14-7-6-13(20-14)10-16-8-4-5-12(9-16)11(2)17/h6-7,11-12,17H,3-5,8-10H2,1-2H3. The van der Waals surface area contributed by atoms with Gasteiger partial charge in [-0.1, -0.05) is 0 Å². The maximum absolute atomic E-state index is 11.5. The minimum absolute atomic E-state index is 0.255. The van der Waals surface area contributed by atoms with Crippen molar-refractivity contribution in [2.75, 3.05) is 19.7 Å². The van der Waals surface area contributed by atoms with Gasteiger partial charge in [-0.3, -0.25) is 4.90 Å². The van der Waals surface area contributed by atoms with Gasteiger partial charge >= 0.3 is 5.97 Å². The Kier molecular flexibility index (Phi) is 5.20. The first kappa shape index (κ1) is 15.1. The van der Waals surface area contributed by atoms with Crippen molar-refractivity contribution >= 4 is 5.97 Å². The normalized spacial score (nSPS) is 21.6. The largest absolute Gasteiger partial charge is 0.460 e. The lowest BCUT2D eigenvalue weighted by atomic mass is 9.93. The molecule has 0 radical (unpaired) electrons. The van der Waals surface area contributed by atoms with Crippen LogP contribution in [0.3, 0.4) is 0 Å². The number of carbonyl (C=O) groups excluding carboxylic acids is 1. The van der Waals surface area contributed by atoms with Gasteiger partial charge in [0.2, 0.25) is 5.76 Å². The predicted molar refractivity (Wildman–Crippen MR) is 74.3 cm³/mol. The molecule has 2 rings (SSSR count). The van der Waals surface area contributed by atoms with E-state index >= 15 is 0 Å². The summed E-state index contributed by atoms with van der Waals surface area (Å²) in [6.07, 6.45) is 1.88. The van der Waals surface area contributed by atoms with E-state index in [4.69, 9.17) is 9.15 Å². The number of hydrogen-bond donors (Lipinski definition) is 1. The summed E-state index contributed by atoms with van der Waals surface area (Å²) < 4.78 is 10.4. The molecule has 0 amide bonds. The lowest BCUT2D eigenvalue weighted by molar-refractivity contribution is 0.0475. The van der Waals surface area contributed by atoms with Crippen molar-refractivity contribution in [3.63, 3.8) is 0 Å². The van der Waals surface area contributed by atoms with E-state index in [2.05, 4.69) is 4.90 Å². The maximum atomic E-state index is 11.5. The van der Waals surface area contributed by atoms with Crippen LogP contribution in [0.2, 0.25) is 0 Å². The Bertz CT molecular complexity index is 441. The number of rotatable bonds is 5. The molecule has 1 fully saturated rings. The van der Waals surface area contributed by atoms with Gasteiger partial charge in [0.05, 0.1) is 19.3 Å². The van der Waals surface area contributed by atoms with Crippen molar-refractivity contribution in [1.82, 2.24) is 4.90 Å². The van der Waals surface area contributed by atoms with Crippen molar-refractivity contribution in [1.29, 1.82) is 0 Å². The quantitative estimate of drug-likeness (QED) is 0.837. The molecule has 1 aliphatic heterocycles. The van der Waals surface area contributed by atoms with Crippen LogP contribution in [0, 0.1) is 5.92 Å². The smallest absolute Gasteiger partial charge is 0.374 e. The Morgan fingerprint density at radius 2 is 2.40 bits per heavy atom. The summed E-state index contributed by atoms with van der Waals surface area (Å²) >= 11 is 0. The second-order valence-electron chi connectivity index (χ2n) is 5.36. The van der Waals surface area contributed by atoms with E-state index in [0.29, 0.717) is 19.1 Å². The third kappa shape index (κ3) is 3.84. The molecular formula is C15H23NO4. The number of likely N-dealkylation sites (tertiary alicyclic amines) is 1. The predicted octanol–water partition coefficient (Wildman–Crippen LogP) is 2.05. The van der Waals surface area contributed by atoms with Crippen LogP contribution in [0.25, 0.3) is 0 Å². The highest BCUT2D eigenvalue weighted by molar-refractivity contribution is 5.86. The van der Waals surface area contributed by atoms with Gasteiger partial charge < -0.3 is 14.3 Å². The molecule has 112 valence electrons. The number of hydrogen-bond acceptors (Lipinski definition) is 5. The molecule has 0 aromatic carbocycles. The fraction of sp³-hybridized carbons (Fsp3) is 0.667. The molecule has 5 nitrogen and oxygen atoms in total. The van der Waals surface area contributed by atoms with Gasteiger partial charge in [-0.2, -0.15) is 0 Å². The van der Waals surface area contributed by atoms with Gasteiger partial charge in [0.1, 0.15) is 5.76 Å². The van der Waals surface area contributed by atoms with Gasteiger partial charge in [-0.15, -0.1) is 0 Å². The first-order valence-corrected chi connectivity index (χ1v) is 7.26. The number of nitrogens with zero attached hydrogens (tertiary/aromatic N) is 1. The number of furan rings is 1. The zero-order chi connectivity index (χ0) is 14.5. The number of ether oxygens (including phenoxy) is 1. The van der Waals surface area contributed by atoms with Crippen LogP contribution in [0.1, 0.15) is 43.0 Å². The summed E-state index contributed by atoms with van der Waals surface area (Å²) in [5.41, 5.74) is 0. The number of esters is 1. The first-order chi connectivity index (χ1) is 9.60. The lowest BCUT2D eigenvalue weighted by Crippen LogP contribution is -2.38. The van der Waals surface area contributed by atoms with Gasteiger partial charge in [-0.25, -0.2) is 4.79 Å². The Morgan fingerprint density at radius 1 is 1.60 bits per heavy atom. The molecule has 0 bridgehead atoms. The zero-order valence-electron chi connectivity index (χ0n) is 12.2. The molecular weight excluding hydrogens is 258 g/mol. The van der Waals surface area contributed by atoms with Crippen LogP contribution in [0.15, 0.2) is 16.5 Å². The second-order valence-corrected chi connectivity index (χ2v) is 5.36. The molecule has 0 aliphatic carbocycles. The zero-order valence-corrected chi connectivity index (χ0v) is 12.2. The number of aliphatic hydroxyl groups excluding tert-OH is 1. The SMILES string of the molecule is CCOC(=O)c1ccc(CN2CCCC(C(C)O)C2)o1. The molecule has 5 heteroatoms. The average Bonchev–Trinajstić information content (AvgIpc) is 2.88. The summed E-state index contributed by atoms with van der Waals surface area (Å²) in [6.45, 7) is 6.50. The van der Waals surface area contributed by atoms with Crippen LogP contribution < -0.4 is 0 Å². The number of piperidine rings is 1.